The van der Waals surface area contributed by atoms with E-state index in [1.807, 2.05) is 0 Å². The van der Waals surface area contributed by atoms with Gasteiger partial charge in [0.25, 0.3) is 5.91 Å². The Kier molecular flexibility index (Phi) is 5.05. The van der Waals surface area contributed by atoms with Crippen LogP contribution in [0.15, 0.2) is 60.9 Å². The van der Waals surface area contributed by atoms with Gasteiger partial charge >= 0.3 is 6.18 Å². The Morgan fingerprint density at radius 3 is 2.19 bits per heavy atom. The number of nitrogens with zero attached hydrogens (tertiary/aromatic N) is 3. The highest BCUT2D eigenvalue weighted by Gasteiger charge is 2.35. The fraction of sp³-hybridized carbons (Fsp3) is 0.143. The van der Waals surface area contributed by atoms with Crippen molar-refractivity contribution in [3.63, 3.8) is 0 Å². The Bertz CT molecular complexity index is 1140. The molecule has 7 nitrogen and oxygen atoms in total. The third-order valence-corrected chi connectivity index (χ3v) is 4.76. The third kappa shape index (κ3) is 4.04. The molecule has 0 saturated carbocycles. The van der Waals surface area contributed by atoms with Gasteiger partial charge in [0.2, 0.25) is 11.8 Å². The highest BCUT2D eigenvalue weighted by atomic mass is 19.4. The molecule has 0 radical (unpaired) electrons. The molecular weight excluding hydrogens is 413 g/mol. The Labute approximate surface area is 174 Å². The number of rotatable bonds is 4. The number of aromatic nitrogens is 2. The summed E-state index contributed by atoms with van der Waals surface area (Å²) in [5.41, 5.74) is -0.837. The number of hydrogen-bond donors (Lipinski definition) is 1. The second-order valence-corrected chi connectivity index (χ2v) is 6.80. The van der Waals surface area contributed by atoms with Gasteiger partial charge in [0.1, 0.15) is 0 Å². The topological polar surface area (TPSA) is 84.3 Å². The molecule has 158 valence electrons. The Morgan fingerprint density at radius 2 is 1.61 bits per heavy atom. The maximum absolute atomic E-state index is 13.6. The molecule has 0 bridgehead atoms. The Morgan fingerprint density at radius 1 is 0.968 bits per heavy atom. The lowest BCUT2D eigenvalue weighted by Gasteiger charge is -2.16. The van der Waals surface area contributed by atoms with Crippen molar-refractivity contribution in [2.75, 3.05) is 10.2 Å². The van der Waals surface area contributed by atoms with Gasteiger partial charge in [-0.25, -0.2) is 4.68 Å². The number of amides is 3. The monoisotopic (exact) mass is 428 g/mol. The van der Waals surface area contributed by atoms with Gasteiger partial charge in [-0.1, -0.05) is 0 Å². The van der Waals surface area contributed by atoms with Crippen LogP contribution in [0.5, 0.6) is 0 Å². The molecule has 2 aromatic carbocycles. The van der Waals surface area contributed by atoms with Gasteiger partial charge in [0, 0.05) is 30.8 Å². The van der Waals surface area contributed by atoms with Gasteiger partial charge in [-0.05, 0) is 48.5 Å². The van der Waals surface area contributed by atoms with Crippen LogP contribution in [-0.4, -0.2) is 27.5 Å². The van der Waals surface area contributed by atoms with Crippen LogP contribution in [0, 0.1) is 0 Å². The van der Waals surface area contributed by atoms with Crippen molar-refractivity contribution in [1.82, 2.24) is 9.78 Å². The van der Waals surface area contributed by atoms with Crippen LogP contribution in [0.25, 0.3) is 5.69 Å². The van der Waals surface area contributed by atoms with Crippen molar-refractivity contribution in [3.05, 3.63) is 72.1 Å². The second-order valence-electron chi connectivity index (χ2n) is 6.80. The van der Waals surface area contributed by atoms with Crippen LogP contribution in [0.1, 0.15) is 28.8 Å². The van der Waals surface area contributed by atoms with E-state index in [1.54, 1.807) is 6.07 Å². The van der Waals surface area contributed by atoms with E-state index in [9.17, 15) is 27.6 Å². The SMILES string of the molecule is O=C(Nc1ccc(-n2cccn2)cc1C(F)(F)F)c1ccc(N2C(=O)CCC2=O)cc1. The van der Waals surface area contributed by atoms with E-state index < -0.39 is 23.3 Å². The van der Waals surface area contributed by atoms with Crippen molar-refractivity contribution in [3.8, 4) is 5.69 Å². The zero-order valence-corrected chi connectivity index (χ0v) is 15.9. The summed E-state index contributed by atoms with van der Waals surface area (Å²) in [5.74, 6) is -1.44. The highest BCUT2D eigenvalue weighted by molar-refractivity contribution is 6.20. The lowest BCUT2D eigenvalue weighted by atomic mass is 10.1. The highest BCUT2D eigenvalue weighted by Crippen LogP contribution is 2.36. The molecule has 1 fully saturated rings. The third-order valence-electron chi connectivity index (χ3n) is 4.76. The summed E-state index contributed by atoms with van der Waals surface area (Å²) in [6.07, 6.45) is -1.52. The molecule has 2 heterocycles. The maximum Gasteiger partial charge on any atom is 0.418 e. The van der Waals surface area contributed by atoms with Crippen molar-refractivity contribution in [2.45, 2.75) is 19.0 Å². The van der Waals surface area contributed by atoms with E-state index in [0.29, 0.717) is 5.69 Å². The number of benzene rings is 2. The zero-order chi connectivity index (χ0) is 22.2. The molecule has 4 rings (SSSR count). The molecule has 31 heavy (non-hydrogen) atoms. The van der Waals surface area contributed by atoms with Gasteiger partial charge in [-0.2, -0.15) is 18.3 Å². The predicted molar refractivity (Wildman–Crippen MR) is 105 cm³/mol. The number of imide groups is 1. The van der Waals surface area contributed by atoms with Gasteiger partial charge in [-0.15, -0.1) is 0 Å². The summed E-state index contributed by atoms with van der Waals surface area (Å²) in [5, 5.41) is 6.19. The van der Waals surface area contributed by atoms with Gasteiger partial charge < -0.3 is 5.32 Å². The van der Waals surface area contributed by atoms with Crippen LogP contribution in [0.2, 0.25) is 0 Å². The Balaban J connectivity index is 1.58. The van der Waals surface area contributed by atoms with Gasteiger partial charge in [-0.3, -0.25) is 19.3 Å². The first-order valence-electron chi connectivity index (χ1n) is 9.22. The van der Waals surface area contributed by atoms with Crippen LogP contribution in [0.4, 0.5) is 24.5 Å². The minimum absolute atomic E-state index is 0.0760. The first kappa shape index (κ1) is 20.3. The summed E-state index contributed by atoms with van der Waals surface area (Å²) in [6.45, 7) is 0. The predicted octanol–water partition coefficient (Wildman–Crippen LogP) is 3.80. The molecule has 1 saturated heterocycles. The number of carbonyl (C=O) groups excluding carboxylic acids is 3. The largest absolute Gasteiger partial charge is 0.418 e. The van der Waals surface area contributed by atoms with Crippen LogP contribution >= 0.6 is 0 Å². The number of carbonyl (C=O) groups is 3. The average molecular weight is 428 g/mol. The molecule has 0 spiro atoms. The molecule has 1 aromatic heterocycles. The number of hydrogen-bond acceptors (Lipinski definition) is 4. The molecule has 1 aliphatic heterocycles. The minimum Gasteiger partial charge on any atom is -0.321 e. The summed E-state index contributed by atoms with van der Waals surface area (Å²) in [7, 11) is 0. The van der Waals surface area contributed by atoms with Crippen LogP contribution in [0.3, 0.4) is 0 Å². The standard InChI is InChI=1S/C21H15F3N4O3/c22-21(23,24)16-12-15(27-11-1-10-25-27)6-7-17(16)26-20(31)13-2-4-14(5-3-13)28-18(29)8-9-19(28)30/h1-7,10-12H,8-9H2,(H,26,31). The molecular formula is C21H15F3N4O3. The number of anilines is 2. The van der Waals surface area contributed by atoms with Crippen molar-refractivity contribution < 1.29 is 27.6 Å². The fourth-order valence-electron chi connectivity index (χ4n) is 3.26. The summed E-state index contributed by atoms with van der Waals surface area (Å²) in [6, 6.07) is 10.5. The van der Waals surface area contributed by atoms with E-state index in [2.05, 4.69) is 10.4 Å². The van der Waals surface area contributed by atoms with E-state index in [1.165, 1.54) is 47.4 Å². The normalized spacial score (nSPS) is 14.2. The lowest BCUT2D eigenvalue weighted by Crippen LogP contribution is -2.28. The zero-order valence-electron chi connectivity index (χ0n) is 15.9. The second kappa shape index (κ2) is 7.71. The average Bonchev–Trinajstić information content (AvgIpc) is 3.38. The fourth-order valence-corrected chi connectivity index (χ4v) is 3.26. The Hall–Kier alpha value is -3.95. The van der Waals surface area contributed by atoms with Crippen molar-refractivity contribution in [2.24, 2.45) is 0 Å². The molecule has 3 aromatic rings. The summed E-state index contributed by atoms with van der Waals surface area (Å²) >= 11 is 0. The molecule has 10 heteroatoms. The first-order valence-corrected chi connectivity index (χ1v) is 9.22. The summed E-state index contributed by atoms with van der Waals surface area (Å²) < 4.78 is 42.0. The van der Waals surface area contributed by atoms with Crippen LogP contribution < -0.4 is 10.2 Å². The van der Waals surface area contributed by atoms with E-state index in [0.717, 1.165) is 17.0 Å². The lowest BCUT2D eigenvalue weighted by molar-refractivity contribution is -0.137. The van der Waals surface area contributed by atoms with Crippen molar-refractivity contribution in [1.29, 1.82) is 0 Å². The van der Waals surface area contributed by atoms with E-state index in [-0.39, 0.29) is 35.9 Å². The summed E-state index contributed by atoms with van der Waals surface area (Å²) in [4.78, 5) is 37.2. The van der Waals surface area contributed by atoms with E-state index in [4.69, 9.17) is 0 Å². The number of alkyl halides is 3. The molecule has 0 unspecified atom stereocenters. The molecule has 3 amide bonds. The molecule has 0 atom stereocenters. The smallest absolute Gasteiger partial charge is 0.321 e. The number of halogens is 3. The number of nitrogens with one attached hydrogen (secondary N) is 1. The maximum atomic E-state index is 13.6. The first-order chi connectivity index (χ1) is 14.7. The molecule has 1 N–H and O–H groups in total. The van der Waals surface area contributed by atoms with Crippen molar-refractivity contribution >= 4 is 29.1 Å². The van der Waals surface area contributed by atoms with E-state index >= 15 is 0 Å². The van der Waals surface area contributed by atoms with Gasteiger partial charge in [0.05, 0.1) is 22.6 Å². The van der Waals surface area contributed by atoms with Gasteiger partial charge in [0.15, 0.2) is 0 Å². The minimum atomic E-state index is -4.70. The van der Waals surface area contributed by atoms with Crippen LogP contribution in [-0.2, 0) is 15.8 Å². The molecule has 1 aliphatic rings. The quantitative estimate of drug-likeness (QED) is 0.641. The molecule has 0 aliphatic carbocycles.